The molecule has 0 fully saturated rings. The van der Waals surface area contributed by atoms with Crippen LogP contribution >= 0.6 is 11.3 Å². The quantitative estimate of drug-likeness (QED) is 0.710. The number of sulfonamides is 1. The molecule has 0 atom stereocenters. The summed E-state index contributed by atoms with van der Waals surface area (Å²) in [5.74, 6) is 1.99. The molecule has 0 saturated carbocycles. The number of hydrogen-bond donors (Lipinski definition) is 1. The lowest BCUT2D eigenvalue weighted by molar-refractivity contribution is 0.174. The van der Waals surface area contributed by atoms with Gasteiger partial charge in [-0.2, -0.15) is 4.98 Å². The Morgan fingerprint density at radius 3 is 2.81 bits per heavy atom. The monoisotopic (exact) mass is 393 g/mol. The minimum absolute atomic E-state index is 0.128. The smallest absolute Gasteiger partial charge is 0.263 e. The second kappa shape index (κ2) is 6.29. The molecule has 1 N–H and O–H groups in total. The number of fused-ring (bicyclic) bond motifs is 1. The first-order chi connectivity index (χ1) is 12.5. The molecule has 2 aromatic heterocycles. The SMILES string of the molecule is CCc1nc(-c2cc(S(=O)(=O)Nc3ccc4c(c3)OCO4)c(C)s2)no1. The molecule has 0 aliphatic carbocycles. The second-order valence-electron chi connectivity index (χ2n) is 5.57. The molecule has 1 aliphatic heterocycles. The number of aryl methyl sites for hydroxylation is 2. The van der Waals surface area contributed by atoms with Gasteiger partial charge in [0.1, 0.15) is 4.90 Å². The number of anilines is 1. The molecule has 136 valence electrons. The van der Waals surface area contributed by atoms with E-state index in [0.717, 1.165) is 0 Å². The van der Waals surface area contributed by atoms with Gasteiger partial charge in [0.15, 0.2) is 11.5 Å². The number of thiophene rings is 1. The van der Waals surface area contributed by atoms with Crippen molar-refractivity contribution in [3.8, 4) is 22.2 Å². The fourth-order valence-electron chi connectivity index (χ4n) is 2.51. The lowest BCUT2D eigenvalue weighted by Crippen LogP contribution is -2.13. The molecular weight excluding hydrogens is 378 g/mol. The van der Waals surface area contributed by atoms with Crippen molar-refractivity contribution in [2.24, 2.45) is 0 Å². The van der Waals surface area contributed by atoms with E-state index >= 15 is 0 Å². The van der Waals surface area contributed by atoms with Crippen LogP contribution in [0.3, 0.4) is 0 Å². The number of rotatable bonds is 5. The molecular formula is C16H15N3O5S2. The average Bonchev–Trinajstić information content (AvgIpc) is 3.32. The zero-order valence-corrected chi connectivity index (χ0v) is 15.6. The van der Waals surface area contributed by atoms with Crippen LogP contribution in [0.2, 0.25) is 0 Å². The topological polar surface area (TPSA) is 104 Å². The van der Waals surface area contributed by atoms with Crippen LogP contribution in [0.5, 0.6) is 11.5 Å². The summed E-state index contributed by atoms with van der Waals surface area (Å²) in [6.45, 7) is 3.77. The minimum atomic E-state index is -3.77. The Kier molecular flexibility index (Phi) is 4.08. The highest BCUT2D eigenvalue weighted by Gasteiger charge is 2.23. The Bertz CT molecular complexity index is 1070. The minimum Gasteiger partial charge on any atom is -0.454 e. The van der Waals surface area contributed by atoms with Crippen LogP contribution in [0.15, 0.2) is 33.7 Å². The number of aromatic nitrogens is 2. The zero-order chi connectivity index (χ0) is 18.3. The van der Waals surface area contributed by atoms with Crippen LogP contribution < -0.4 is 14.2 Å². The number of nitrogens with zero attached hydrogens (tertiary/aromatic N) is 2. The van der Waals surface area contributed by atoms with Gasteiger partial charge in [0.2, 0.25) is 18.5 Å². The first kappa shape index (κ1) is 16.9. The van der Waals surface area contributed by atoms with Crippen LogP contribution in [0, 0.1) is 6.92 Å². The molecule has 4 rings (SSSR count). The summed E-state index contributed by atoms with van der Waals surface area (Å²) in [5.41, 5.74) is 0.397. The van der Waals surface area contributed by atoms with Gasteiger partial charge in [-0.3, -0.25) is 4.72 Å². The third kappa shape index (κ3) is 3.01. The molecule has 3 aromatic rings. The average molecular weight is 393 g/mol. The van der Waals surface area contributed by atoms with E-state index in [2.05, 4.69) is 14.9 Å². The molecule has 0 saturated heterocycles. The normalized spacial score (nSPS) is 13.2. The fourth-order valence-corrected chi connectivity index (χ4v) is 5.08. The predicted octanol–water partition coefficient (Wildman–Crippen LogP) is 3.20. The number of benzene rings is 1. The highest BCUT2D eigenvalue weighted by molar-refractivity contribution is 7.93. The Labute approximate surface area is 153 Å². The molecule has 10 heteroatoms. The molecule has 0 radical (unpaired) electrons. The van der Waals surface area contributed by atoms with E-state index < -0.39 is 10.0 Å². The maximum absolute atomic E-state index is 12.8. The van der Waals surface area contributed by atoms with Gasteiger partial charge >= 0.3 is 0 Å². The largest absolute Gasteiger partial charge is 0.454 e. The zero-order valence-electron chi connectivity index (χ0n) is 14.0. The molecule has 3 heterocycles. The van der Waals surface area contributed by atoms with Crippen molar-refractivity contribution in [2.75, 3.05) is 11.5 Å². The number of nitrogens with one attached hydrogen (secondary N) is 1. The van der Waals surface area contributed by atoms with E-state index in [1.54, 1.807) is 31.2 Å². The number of ether oxygens (including phenoxy) is 2. The van der Waals surface area contributed by atoms with E-state index in [-0.39, 0.29) is 11.7 Å². The van der Waals surface area contributed by atoms with E-state index in [9.17, 15) is 8.42 Å². The number of hydrogen-bond acceptors (Lipinski definition) is 8. The van der Waals surface area contributed by atoms with Gasteiger partial charge in [-0.05, 0) is 25.1 Å². The van der Waals surface area contributed by atoms with Crippen LogP contribution in [0.4, 0.5) is 5.69 Å². The first-order valence-corrected chi connectivity index (χ1v) is 10.1. The van der Waals surface area contributed by atoms with Gasteiger partial charge in [0.05, 0.1) is 10.6 Å². The Morgan fingerprint density at radius 2 is 2.04 bits per heavy atom. The van der Waals surface area contributed by atoms with Gasteiger partial charge in [-0.1, -0.05) is 12.1 Å². The summed E-state index contributed by atoms with van der Waals surface area (Å²) >= 11 is 1.30. The van der Waals surface area contributed by atoms with Crippen molar-refractivity contribution in [1.29, 1.82) is 0 Å². The van der Waals surface area contributed by atoms with E-state index in [0.29, 0.717) is 45.1 Å². The summed E-state index contributed by atoms with van der Waals surface area (Å²) in [5, 5.41) is 3.90. The lowest BCUT2D eigenvalue weighted by Gasteiger charge is -2.08. The summed E-state index contributed by atoms with van der Waals surface area (Å²) in [6, 6.07) is 6.44. The summed E-state index contributed by atoms with van der Waals surface area (Å²) in [7, 11) is -3.77. The third-order valence-corrected chi connectivity index (χ3v) is 6.46. The van der Waals surface area contributed by atoms with Crippen molar-refractivity contribution in [3.63, 3.8) is 0 Å². The second-order valence-corrected chi connectivity index (χ2v) is 8.48. The van der Waals surface area contributed by atoms with Gasteiger partial charge in [-0.25, -0.2) is 8.42 Å². The van der Waals surface area contributed by atoms with Crippen molar-refractivity contribution in [1.82, 2.24) is 10.1 Å². The Balaban J connectivity index is 1.63. The first-order valence-electron chi connectivity index (χ1n) is 7.82. The third-order valence-electron chi connectivity index (χ3n) is 3.78. The Hall–Kier alpha value is -2.59. The van der Waals surface area contributed by atoms with E-state index in [1.165, 1.54) is 11.3 Å². The van der Waals surface area contributed by atoms with E-state index in [1.807, 2.05) is 6.92 Å². The van der Waals surface area contributed by atoms with Crippen LogP contribution in [0.25, 0.3) is 10.7 Å². The molecule has 1 aliphatic rings. The van der Waals surface area contributed by atoms with Gasteiger partial charge in [0, 0.05) is 17.4 Å². The van der Waals surface area contributed by atoms with Gasteiger partial charge in [0.25, 0.3) is 10.0 Å². The molecule has 0 bridgehead atoms. The maximum atomic E-state index is 12.8. The molecule has 0 amide bonds. The predicted molar refractivity (Wildman–Crippen MR) is 95.1 cm³/mol. The molecule has 26 heavy (non-hydrogen) atoms. The maximum Gasteiger partial charge on any atom is 0.263 e. The summed E-state index contributed by atoms with van der Waals surface area (Å²) < 4.78 is 43.7. The highest BCUT2D eigenvalue weighted by Crippen LogP contribution is 2.36. The lowest BCUT2D eigenvalue weighted by atomic mass is 10.3. The van der Waals surface area contributed by atoms with Crippen LogP contribution in [-0.2, 0) is 16.4 Å². The molecule has 1 aromatic carbocycles. The van der Waals surface area contributed by atoms with Gasteiger partial charge in [-0.15, -0.1) is 11.3 Å². The fraction of sp³-hybridized carbons (Fsp3) is 0.250. The van der Waals surface area contributed by atoms with Crippen molar-refractivity contribution in [2.45, 2.75) is 25.2 Å². The van der Waals surface area contributed by atoms with E-state index in [4.69, 9.17) is 14.0 Å². The Morgan fingerprint density at radius 1 is 1.23 bits per heavy atom. The van der Waals surface area contributed by atoms with Crippen molar-refractivity contribution >= 4 is 27.0 Å². The summed E-state index contributed by atoms with van der Waals surface area (Å²) in [6.07, 6.45) is 0.619. The molecule has 8 nitrogen and oxygen atoms in total. The standard InChI is InChI=1S/C16H15N3O5S2/c1-3-15-17-16(18-24-15)13-7-14(9(2)25-13)26(20,21)19-10-4-5-11-12(6-10)23-8-22-11/h4-7,19H,3,8H2,1-2H3. The van der Waals surface area contributed by atoms with Gasteiger partial charge < -0.3 is 14.0 Å². The van der Waals surface area contributed by atoms with Crippen LogP contribution in [-0.4, -0.2) is 25.4 Å². The van der Waals surface area contributed by atoms with Crippen LogP contribution in [0.1, 0.15) is 17.7 Å². The highest BCUT2D eigenvalue weighted by atomic mass is 32.2. The molecule has 0 spiro atoms. The summed E-state index contributed by atoms with van der Waals surface area (Å²) in [4.78, 5) is 5.70. The molecule has 0 unspecified atom stereocenters. The van der Waals surface area contributed by atoms with Crippen molar-refractivity contribution in [3.05, 3.63) is 35.0 Å². The van der Waals surface area contributed by atoms with Crippen molar-refractivity contribution < 1.29 is 22.4 Å².